The monoisotopic (exact) mass is 341 g/mol. The number of halogens is 1. The first-order valence-electron chi connectivity index (χ1n) is 8.33. The number of piperazine rings is 1. The lowest BCUT2D eigenvalue weighted by atomic mass is 10.2. The first kappa shape index (κ1) is 15.5. The molecule has 0 atom stereocenters. The number of nitrogens with zero attached hydrogens (tertiary/aromatic N) is 3. The molecule has 2 aliphatic rings. The van der Waals surface area contributed by atoms with Crippen molar-refractivity contribution in [3.05, 3.63) is 58.1 Å². The predicted molar refractivity (Wildman–Crippen MR) is 98.8 cm³/mol. The summed E-state index contributed by atoms with van der Waals surface area (Å²) < 4.78 is 1.07. The molecule has 0 saturated carbocycles. The number of quaternary nitrogens is 1. The highest BCUT2D eigenvalue weighted by Gasteiger charge is 2.26. The third kappa shape index (κ3) is 2.87. The van der Waals surface area contributed by atoms with Gasteiger partial charge in [0.1, 0.15) is 5.82 Å². The van der Waals surface area contributed by atoms with E-state index in [0.717, 1.165) is 63.5 Å². The Balaban J connectivity index is 1.85. The molecule has 1 saturated heterocycles. The Morgan fingerprint density at radius 1 is 1.08 bits per heavy atom. The highest BCUT2D eigenvalue weighted by molar-refractivity contribution is 6.31. The van der Waals surface area contributed by atoms with Gasteiger partial charge in [0.05, 0.1) is 57.0 Å². The lowest BCUT2D eigenvalue weighted by Crippen LogP contribution is -2.55. The van der Waals surface area contributed by atoms with Crippen LogP contribution in [0, 0.1) is 0 Å². The van der Waals surface area contributed by atoms with Gasteiger partial charge in [-0.1, -0.05) is 23.7 Å². The lowest BCUT2D eigenvalue weighted by molar-refractivity contribution is -0.894. The van der Waals surface area contributed by atoms with E-state index in [-0.39, 0.29) is 0 Å². The second kappa shape index (κ2) is 5.80. The Hall–Kier alpha value is -2.04. The fourth-order valence-electron chi connectivity index (χ4n) is 3.28. The summed E-state index contributed by atoms with van der Waals surface area (Å²) in [5, 5.41) is 6.48. The van der Waals surface area contributed by atoms with Gasteiger partial charge in [0.2, 0.25) is 0 Å². The number of anilines is 1. The van der Waals surface area contributed by atoms with Crippen molar-refractivity contribution in [1.82, 2.24) is 4.90 Å². The van der Waals surface area contributed by atoms with Crippen LogP contribution in [0.15, 0.2) is 47.5 Å². The van der Waals surface area contributed by atoms with Crippen molar-refractivity contribution >= 4 is 28.8 Å². The molecule has 2 aromatic rings. The van der Waals surface area contributed by atoms with Crippen molar-refractivity contribution in [2.24, 2.45) is 4.99 Å². The van der Waals surface area contributed by atoms with Crippen molar-refractivity contribution in [1.29, 1.82) is 0 Å². The summed E-state index contributed by atoms with van der Waals surface area (Å²) in [4.78, 5) is 7.28. The molecule has 0 spiro atoms. The molecule has 1 fully saturated rings. The zero-order chi connectivity index (χ0) is 16.7. The van der Waals surface area contributed by atoms with Gasteiger partial charge in [-0.25, -0.2) is 4.99 Å². The van der Waals surface area contributed by atoms with Crippen molar-refractivity contribution in [3.63, 3.8) is 0 Å². The van der Waals surface area contributed by atoms with Gasteiger partial charge < -0.3 is 14.7 Å². The molecule has 0 unspecified atom stereocenters. The number of benzene rings is 2. The third-order valence-corrected chi connectivity index (χ3v) is 5.11. The van der Waals surface area contributed by atoms with Crippen LogP contribution in [0.1, 0.15) is 0 Å². The average Bonchev–Trinajstić information content (AvgIpc) is 2.71. The third-order valence-electron chi connectivity index (χ3n) is 4.88. The molecule has 2 heterocycles. The Kier molecular flexibility index (Phi) is 3.74. The molecule has 0 aromatic heterocycles. The second-order valence-electron chi connectivity index (χ2n) is 7.13. The average molecular weight is 342 g/mol. The zero-order valence-corrected chi connectivity index (χ0v) is 14.8. The lowest BCUT2D eigenvalue weighted by Gasteiger charge is -2.40. The minimum atomic E-state index is 0.721. The molecule has 0 aliphatic carbocycles. The Morgan fingerprint density at radius 3 is 2.62 bits per heavy atom. The highest BCUT2D eigenvalue weighted by Crippen LogP contribution is 2.30. The Bertz CT molecular complexity index is 894. The molecule has 0 amide bonds. The largest absolute Gasteiger partial charge is 0.346 e. The van der Waals surface area contributed by atoms with Crippen LogP contribution in [-0.2, 0) is 0 Å². The summed E-state index contributed by atoms with van der Waals surface area (Å²) in [5.74, 6) is 1.13. The maximum absolute atomic E-state index is 6.21. The van der Waals surface area contributed by atoms with Crippen LogP contribution in [-0.4, -0.2) is 49.7 Å². The van der Waals surface area contributed by atoms with Crippen molar-refractivity contribution < 1.29 is 4.48 Å². The molecule has 4 nitrogen and oxygen atoms in total. The molecule has 2 aliphatic heterocycles. The van der Waals surface area contributed by atoms with Gasteiger partial charge in [-0.05, 0) is 30.3 Å². The number of hydrogen-bond acceptors (Lipinski definition) is 3. The van der Waals surface area contributed by atoms with Crippen LogP contribution in [0.25, 0.3) is 5.82 Å². The number of fused-ring (bicyclic) bond motifs is 2. The smallest absolute Gasteiger partial charge is 0.116 e. The van der Waals surface area contributed by atoms with Crippen LogP contribution in [0.3, 0.4) is 0 Å². The number of rotatable bonds is 1. The van der Waals surface area contributed by atoms with Gasteiger partial charge in [-0.2, -0.15) is 0 Å². The minimum absolute atomic E-state index is 0.721. The zero-order valence-electron chi connectivity index (χ0n) is 14.1. The van der Waals surface area contributed by atoms with E-state index in [9.17, 15) is 0 Å². The summed E-state index contributed by atoms with van der Waals surface area (Å²) >= 11 is 6.21. The van der Waals surface area contributed by atoms with Gasteiger partial charge >= 0.3 is 0 Å². The number of para-hydroxylation sites is 1. The first-order valence-corrected chi connectivity index (χ1v) is 8.71. The first-order chi connectivity index (χ1) is 11.5. The van der Waals surface area contributed by atoms with Crippen LogP contribution in [0.2, 0.25) is 5.02 Å². The molecular formula is C19H22ClN4+. The molecule has 24 heavy (non-hydrogen) atoms. The van der Waals surface area contributed by atoms with E-state index in [1.807, 2.05) is 24.3 Å². The number of likely N-dealkylation sites (N-methyl/N-ethyl adjacent to an activating group) is 1. The van der Waals surface area contributed by atoms with Gasteiger partial charge in [0.25, 0.3) is 0 Å². The SMILES string of the molecule is C[N+]1(C)CCN(C2=c3ccccc3=Nc3ccc(Cl)cc3N2)CC1. The fraction of sp³-hybridized carbons (Fsp3) is 0.316. The van der Waals surface area contributed by atoms with Gasteiger partial charge in [0, 0.05) is 10.2 Å². The summed E-state index contributed by atoms with van der Waals surface area (Å²) in [6.45, 7) is 4.32. The molecule has 2 aromatic carbocycles. The van der Waals surface area contributed by atoms with Gasteiger partial charge in [0.15, 0.2) is 0 Å². The van der Waals surface area contributed by atoms with Crippen LogP contribution < -0.4 is 15.9 Å². The minimum Gasteiger partial charge on any atom is -0.346 e. The number of hydrogen-bond donors (Lipinski definition) is 1. The maximum atomic E-state index is 6.21. The standard InChI is InChI=1S/C19H22ClN4/c1-24(2)11-9-23(10-12-24)19-15-5-3-4-6-16(15)21-17-8-7-14(20)13-18(17)22-19/h3-8,13,22H,9-12H2,1-2H3/q+1. The van der Waals surface area contributed by atoms with E-state index in [1.54, 1.807) is 0 Å². The number of nitrogens with one attached hydrogen (secondary N) is 1. The molecule has 0 radical (unpaired) electrons. The van der Waals surface area contributed by atoms with Gasteiger partial charge in [-0.3, -0.25) is 0 Å². The quantitative estimate of drug-likeness (QED) is 0.805. The topological polar surface area (TPSA) is 27.6 Å². The van der Waals surface area contributed by atoms with Crippen molar-refractivity contribution in [2.45, 2.75) is 0 Å². The Morgan fingerprint density at radius 2 is 1.83 bits per heavy atom. The van der Waals surface area contributed by atoms with E-state index in [4.69, 9.17) is 16.6 Å². The van der Waals surface area contributed by atoms with Crippen molar-refractivity contribution in [3.8, 4) is 0 Å². The molecule has 124 valence electrons. The summed E-state index contributed by atoms with van der Waals surface area (Å²) in [7, 11) is 4.59. The highest BCUT2D eigenvalue weighted by atomic mass is 35.5. The van der Waals surface area contributed by atoms with E-state index in [1.165, 1.54) is 0 Å². The van der Waals surface area contributed by atoms with E-state index in [2.05, 4.69) is 42.5 Å². The summed E-state index contributed by atoms with van der Waals surface area (Å²) in [6, 6.07) is 14.1. The summed E-state index contributed by atoms with van der Waals surface area (Å²) in [5.41, 5.74) is 1.89. The van der Waals surface area contributed by atoms with Crippen LogP contribution in [0.4, 0.5) is 11.4 Å². The fourth-order valence-corrected chi connectivity index (χ4v) is 3.45. The molecule has 0 bridgehead atoms. The molecule has 4 rings (SSSR count). The predicted octanol–water partition coefficient (Wildman–Crippen LogP) is 2.17. The Labute approximate surface area is 147 Å². The summed E-state index contributed by atoms with van der Waals surface area (Å²) in [6.07, 6.45) is 0. The normalized spacial score (nSPS) is 18.8. The van der Waals surface area contributed by atoms with E-state index in [0.29, 0.717) is 0 Å². The van der Waals surface area contributed by atoms with E-state index < -0.39 is 0 Å². The van der Waals surface area contributed by atoms with Gasteiger partial charge in [-0.15, -0.1) is 0 Å². The molecule has 5 heteroatoms. The second-order valence-corrected chi connectivity index (χ2v) is 7.57. The maximum Gasteiger partial charge on any atom is 0.116 e. The van der Waals surface area contributed by atoms with Crippen LogP contribution >= 0.6 is 11.6 Å². The van der Waals surface area contributed by atoms with Crippen molar-refractivity contribution in [2.75, 3.05) is 45.6 Å². The molecular weight excluding hydrogens is 320 g/mol. The van der Waals surface area contributed by atoms with E-state index >= 15 is 0 Å². The molecule has 1 N–H and O–H groups in total. The van der Waals surface area contributed by atoms with Crippen LogP contribution in [0.5, 0.6) is 0 Å².